The highest BCUT2D eigenvalue weighted by molar-refractivity contribution is 6.22. The van der Waals surface area contributed by atoms with E-state index in [0.29, 0.717) is 6.61 Å². The molecular formula is C21H18N2O7. The van der Waals surface area contributed by atoms with E-state index in [-0.39, 0.29) is 47.2 Å². The van der Waals surface area contributed by atoms with Gasteiger partial charge in [-0.05, 0) is 37.1 Å². The number of nitrogens with zero attached hydrogens (tertiary/aromatic N) is 2. The van der Waals surface area contributed by atoms with Gasteiger partial charge in [-0.25, -0.2) is 4.79 Å². The molecule has 2 aliphatic heterocycles. The Balaban J connectivity index is 1.48. The summed E-state index contributed by atoms with van der Waals surface area (Å²) in [5.41, 5.74) is 0.564. The van der Waals surface area contributed by atoms with E-state index in [0.717, 1.165) is 17.7 Å². The molecular weight excluding hydrogens is 392 g/mol. The van der Waals surface area contributed by atoms with E-state index in [1.165, 1.54) is 36.4 Å². The molecule has 0 aromatic heterocycles. The van der Waals surface area contributed by atoms with Crippen molar-refractivity contribution < 1.29 is 28.8 Å². The zero-order chi connectivity index (χ0) is 21.3. The van der Waals surface area contributed by atoms with Crippen molar-refractivity contribution in [2.45, 2.75) is 25.6 Å². The summed E-state index contributed by atoms with van der Waals surface area (Å²) in [4.78, 5) is 49.3. The predicted molar refractivity (Wildman–Crippen MR) is 103 cm³/mol. The number of fused-ring (bicyclic) bond motifs is 1. The molecule has 2 aromatic rings. The molecule has 0 bridgehead atoms. The van der Waals surface area contributed by atoms with Crippen molar-refractivity contribution in [3.8, 4) is 0 Å². The first kappa shape index (κ1) is 19.7. The molecule has 1 fully saturated rings. The van der Waals surface area contributed by atoms with Gasteiger partial charge in [0.05, 0.1) is 39.8 Å². The Morgan fingerprint density at radius 3 is 2.67 bits per heavy atom. The van der Waals surface area contributed by atoms with Gasteiger partial charge in [0.15, 0.2) is 0 Å². The van der Waals surface area contributed by atoms with E-state index in [1.807, 2.05) is 0 Å². The monoisotopic (exact) mass is 410 g/mol. The fraction of sp³-hybridized carbons (Fsp3) is 0.286. The minimum absolute atomic E-state index is 0.0902. The molecule has 2 amide bonds. The molecule has 1 atom stereocenters. The van der Waals surface area contributed by atoms with Crippen LogP contribution in [0, 0.1) is 10.1 Å². The minimum Gasteiger partial charge on any atom is -0.457 e. The number of carbonyl (C=O) groups excluding carboxylic acids is 3. The quantitative estimate of drug-likeness (QED) is 0.311. The van der Waals surface area contributed by atoms with Crippen molar-refractivity contribution in [1.29, 1.82) is 0 Å². The van der Waals surface area contributed by atoms with E-state index < -0.39 is 22.7 Å². The van der Waals surface area contributed by atoms with E-state index in [4.69, 9.17) is 9.47 Å². The second kappa shape index (κ2) is 8.03. The largest absolute Gasteiger partial charge is 0.457 e. The van der Waals surface area contributed by atoms with Crippen LogP contribution in [-0.4, -0.2) is 46.9 Å². The van der Waals surface area contributed by atoms with Crippen LogP contribution in [0.25, 0.3) is 0 Å². The van der Waals surface area contributed by atoms with Gasteiger partial charge in [0.1, 0.15) is 6.61 Å². The molecule has 1 saturated heterocycles. The van der Waals surface area contributed by atoms with Crippen molar-refractivity contribution in [2.24, 2.45) is 0 Å². The van der Waals surface area contributed by atoms with Gasteiger partial charge in [-0.15, -0.1) is 0 Å². The summed E-state index contributed by atoms with van der Waals surface area (Å²) in [5.74, 6) is -1.63. The standard InChI is InChI=1S/C21H18N2O7/c24-19-16-8-7-13(10-17(16)20(25)22(19)11-15-5-3-9-29-15)21(26)30-12-14-4-1-2-6-18(14)23(27)28/h1-2,4,6-8,10,15H,3,5,9,11-12H2. The van der Waals surface area contributed by atoms with Crippen LogP contribution in [0.2, 0.25) is 0 Å². The third kappa shape index (κ3) is 3.67. The van der Waals surface area contributed by atoms with Gasteiger partial charge >= 0.3 is 5.97 Å². The second-order valence-electron chi connectivity index (χ2n) is 7.08. The van der Waals surface area contributed by atoms with E-state index in [1.54, 1.807) is 6.07 Å². The number of ether oxygens (including phenoxy) is 2. The lowest BCUT2D eigenvalue weighted by Crippen LogP contribution is -2.36. The van der Waals surface area contributed by atoms with Crippen molar-refractivity contribution in [2.75, 3.05) is 13.2 Å². The number of nitro groups is 1. The van der Waals surface area contributed by atoms with Crippen molar-refractivity contribution in [1.82, 2.24) is 4.90 Å². The molecule has 9 heteroatoms. The van der Waals surface area contributed by atoms with Gasteiger partial charge in [-0.1, -0.05) is 12.1 Å². The number of esters is 1. The highest BCUT2D eigenvalue weighted by Crippen LogP contribution is 2.27. The number of carbonyl (C=O) groups is 3. The number of hydrogen-bond acceptors (Lipinski definition) is 7. The molecule has 0 radical (unpaired) electrons. The van der Waals surface area contributed by atoms with Crippen LogP contribution >= 0.6 is 0 Å². The molecule has 0 saturated carbocycles. The van der Waals surface area contributed by atoms with E-state index in [2.05, 4.69) is 0 Å². The molecule has 0 aliphatic carbocycles. The summed E-state index contributed by atoms with van der Waals surface area (Å²) in [6.07, 6.45) is 1.51. The Kier molecular flexibility index (Phi) is 5.28. The lowest BCUT2D eigenvalue weighted by Gasteiger charge is -2.17. The van der Waals surface area contributed by atoms with Crippen LogP contribution in [0.4, 0.5) is 5.69 Å². The first-order valence-electron chi connectivity index (χ1n) is 9.47. The third-order valence-electron chi connectivity index (χ3n) is 5.16. The summed E-state index contributed by atoms with van der Waals surface area (Å²) in [6.45, 7) is 0.512. The topological polar surface area (TPSA) is 116 Å². The Hall–Kier alpha value is -3.59. The maximum atomic E-state index is 12.7. The fourth-order valence-corrected chi connectivity index (χ4v) is 3.61. The molecule has 0 spiro atoms. The Bertz CT molecular complexity index is 1040. The molecule has 4 rings (SSSR count). The number of nitro benzene ring substituents is 1. The summed E-state index contributed by atoms with van der Waals surface area (Å²) in [5, 5.41) is 11.1. The molecule has 1 unspecified atom stereocenters. The molecule has 154 valence electrons. The highest BCUT2D eigenvalue weighted by atomic mass is 16.6. The predicted octanol–water partition coefficient (Wildman–Crippen LogP) is 2.73. The Morgan fingerprint density at radius 2 is 1.93 bits per heavy atom. The van der Waals surface area contributed by atoms with Gasteiger partial charge < -0.3 is 9.47 Å². The van der Waals surface area contributed by atoms with Crippen molar-refractivity contribution in [3.63, 3.8) is 0 Å². The second-order valence-corrected chi connectivity index (χ2v) is 7.08. The number of benzene rings is 2. The molecule has 0 N–H and O–H groups in total. The average molecular weight is 410 g/mol. The molecule has 2 aliphatic rings. The van der Waals surface area contributed by atoms with Gasteiger partial charge in [0.2, 0.25) is 0 Å². The van der Waals surface area contributed by atoms with Crippen LogP contribution in [0.3, 0.4) is 0 Å². The Labute approximate surface area is 171 Å². The zero-order valence-corrected chi connectivity index (χ0v) is 15.9. The molecule has 2 aromatic carbocycles. The first-order chi connectivity index (χ1) is 14.5. The Morgan fingerprint density at radius 1 is 1.17 bits per heavy atom. The molecule has 30 heavy (non-hydrogen) atoms. The first-order valence-corrected chi connectivity index (χ1v) is 9.47. The van der Waals surface area contributed by atoms with Gasteiger partial charge in [0.25, 0.3) is 17.5 Å². The van der Waals surface area contributed by atoms with Gasteiger partial charge in [-0.2, -0.15) is 0 Å². The van der Waals surface area contributed by atoms with Crippen LogP contribution < -0.4 is 0 Å². The van der Waals surface area contributed by atoms with Crippen LogP contribution in [0.15, 0.2) is 42.5 Å². The summed E-state index contributed by atoms with van der Waals surface area (Å²) >= 11 is 0. The average Bonchev–Trinajstić information content (AvgIpc) is 3.35. The number of imide groups is 1. The van der Waals surface area contributed by atoms with Crippen LogP contribution in [0.5, 0.6) is 0 Å². The van der Waals surface area contributed by atoms with E-state index in [9.17, 15) is 24.5 Å². The molecule has 2 heterocycles. The summed E-state index contributed by atoms with van der Waals surface area (Å²) < 4.78 is 10.7. The third-order valence-corrected chi connectivity index (χ3v) is 5.16. The van der Waals surface area contributed by atoms with E-state index >= 15 is 0 Å². The fourth-order valence-electron chi connectivity index (χ4n) is 3.61. The lowest BCUT2D eigenvalue weighted by molar-refractivity contribution is -0.385. The summed E-state index contributed by atoms with van der Waals surface area (Å²) in [7, 11) is 0. The lowest BCUT2D eigenvalue weighted by atomic mass is 10.1. The molecule has 9 nitrogen and oxygen atoms in total. The van der Waals surface area contributed by atoms with Crippen LogP contribution in [0.1, 0.15) is 49.5 Å². The van der Waals surface area contributed by atoms with Gasteiger partial charge in [0, 0.05) is 12.7 Å². The van der Waals surface area contributed by atoms with Crippen LogP contribution in [-0.2, 0) is 16.1 Å². The van der Waals surface area contributed by atoms with Crippen molar-refractivity contribution in [3.05, 3.63) is 74.8 Å². The zero-order valence-electron chi connectivity index (χ0n) is 15.9. The normalized spacial score (nSPS) is 17.9. The maximum Gasteiger partial charge on any atom is 0.338 e. The smallest absolute Gasteiger partial charge is 0.338 e. The SMILES string of the molecule is O=C(OCc1ccccc1[N+](=O)[O-])c1ccc2c(c1)C(=O)N(CC1CCCO1)C2=O. The maximum absolute atomic E-state index is 12.7. The highest BCUT2D eigenvalue weighted by Gasteiger charge is 2.38. The number of hydrogen-bond donors (Lipinski definition) is 0. The number of para-hydroxylation sites is 1. The summed E-state index contributed by atoms with van der Waals surface area (Å²) in [6, 6.07) is 10.1. The van der Waals surface area contributed by atoms with Crippen molar-refractivity contribution >= 4 is 23.5 Å². The van der Waals surface area contributed by atoms with Gasteiger partial charge in [-0.3, -0.25) is 24.6 Å². The minimum atomic E-state index is -0.742. The number of rotatable bonds is 6. The number of amides is 2.